The molecule has 0 saturated heterocycles. The van der Waals surface area contributed by atoms with Crippen molar-refractivity contribution in [1.29, 1.82) is 0 Å². The summed E-state index contributed by atoms with van der Waals surface area (Å²) in [4.78, 5) is 11.8. The van der Waals surface area contributed by atoms with Gasteiger partial charge < -0.3 is 9.73 Å². The Morgan fingerprint density at radius 1 is 1.28 bits per heavy atom. The van der Waals surface area contributed by atoms with Crippen LogP contribution < -0.4 is 5.32 Å². The lowest BCUT2D eigenvalue weighted by Gasteiger charge is -2.03. The van der Waals surface area contributed by atoms with E-state index in [4.69, 9.17) is 4.42 Å². The van der Waals surface area contributed by atoms with Gasteiger partial charge in [0.05, 0.1) is 12.7 Å². The van der Waals surface area contributed by atoms with Crippen LogP contribution in [-0.2, 0) is 11.2 Å². The van der Waals surface area contributed by atoms with E-state index in [0.717, 1.165) is 35.9 Å². The van der Waals surface area contributed by atoms with E-state index in [-0.39, 0.29) is 5.91 Å². The molecular weight excluding hydrogens is 226 g/mol. The van der Waals surface area contributed by atoms with Crippen LogP contribution in [0.15, 0.2) is 34.9 Å². The van der Waals surface area contributed by atoms with Gasteiger partial charge in [-0.2, -0.15) is 0 Å². The molecule has 0 aliphatic rings. The predicted octanol–water partition coefficient (Wildman–Crippen LogP) is 3.28. The maximum atomic E-state index is 11.8. The minimum Gasteiger partial charge on any atom is -0.464 e. The molecule has 1 aromatic heterocycles. The molecule has 18 heavy (non-hydrogen) atoms. The molecule has 3 heteroatoms. The predicted molar refractivity (Wildman–Crippen MR) is 72.5 cm³/mol. The highest BCUT2D eigenvalue weighted by Crippen LogP contribution is 2.20. The molecule has 0 spiro atoms. The summed E-state index contributed by atoms with van der Waals surface area (Å²) in [6.45, 7) is 2.92. The van der Waals surface area contributed by atoms with Crippen molar-refractivity contribution in [3.8, 4) is 0 Å². The van der Waals surface area contributed by atoms with Crippen LogP contribution in [0.3, 0.4) is 0 Å². The number of carbonyl (C=O) groups excluding carboxylic acids is 1. The molecule has 0 unspecified atom stereocenters. The third kappa shape index (κ3) is 3.13. The van der Waals surface area contributed by atoms with E-state index < -0.39 is 0 Å². The molecule has 0 aliphatic heterocycles. The standard InChI is InChI=1S/C15H19NO2/c1-2-3-6-9-16-15(17)10-12-11-18-14-8-5-4-7-13(12)14/h4-5,7-8,11H,2-3,6,9-10H2,1H3,(H,16,17). The number of carbonyl (C=O) groups is 1. The summed E-state index contributed by atoms with van der Waals surface area (Å²) in [5, 5.41) is 3.97. The number of fused-ring (bicyclic) bond motifs is 1. The molecule has 2 aromatic rings. The van der Waals surface area contributed by atoms with Gasteiger partial charge in [-0.3, -0.25) is 4.79 Å². The summed E-state index contributed by atoms with van der Waals surface area (Å²) in [5.74, 6) is 0.0673. The number of rotatable bonds is 6. The van der Waals surface area contributed by atoms with E-state index in [1.165, 1.54) is 6.42 Å². The summed E-state index contributed by atoms with van der Waals surface area (Å²) in [6, 6.07) is 7.79. The Labute approximate surface area is 107 Å². The highest BCUT2D eigenvalue weighted by molar-refractivity contribution is 5.87. The fraction of sp³-hybridized carbons (Fsp3) is 0.400. The number of hydrogen-bond acceptors (Lipinski definition) is 2. The molecule has 0 atom stereocenters. The molecule has 1 aromatic carbocycles. The average Bonchev–Trinajstić information content (AvgIpc) is 2.78. The number of furan rings is 1. The van der Waals surface area contributed by atoms with Crippen molar-refractivity contribution >= 4 is 16.9 Å². The molecule has 1 N–H and O–H groups in total. The summed E-state index contributed by atoms with van der Waals surface area (Å²) in [5.41, 5.74) is 1.80. The van der Waals surface area contributed by atoms with Crippen molar-refractivity contribution < 1.29 is 9.21 Å². The largest absolute Gasteiger partial charge is 0.464 e. The minimum atomic E-state index is 0.0673. The Kier molecular flexibility index (Phi) is 4.40. The van der Waals surface area contributed by atoms with E-state index in [0.29, 0.717) is 6.42 Å². The van der Waals surface area contributed by atoms with E-state index in [1.54, 1.807) is 6.26 Å². The summed E-state index contributed by atoms with van der Waals surface area (Å²) in [6.07, 6.45) is 5.45. The molecule has 0 radical (unpaired) electrons. The number of amides is 1. The summed E-state index contributed by atoms with van der Waals surface area (Å²) >= 11 is 0. The van der Waals surface area contributed by atoms with Crippen molar-refractivity contribution in [1.82, 2.24) is 5.32 Å². The van der Waals surface area contributed by atoms with Crippen LogP contribution in [0, 0.1) is 0 Å². The highest BCUT2D eigenvalue weighted by Gasteiger charge is 2.09. The Morgan fingerprint density at radius 2 is 2.11 bits per heavy atom. The smallest absolute Gasteiger partial charge is 0.224 e. The van der Waals surface area contributed by atoms with Crippen molar-refractivity contribution in [2.75, 3.05) is 6.54 Å². The lowest BCUT2D eigenvalue weighted by molar-refractivity contribution is -0.120. The van der Waals surface area contributed by atoms with Gasteiger partial charge in [0.15, 0.2) is 0 Å². The highest BCUT2D eigenvalue weighted by atomic mass is 16.3. The SMILES string of the molecule is CCCCCNC(=O)Cc1coc2ccccc12. The second kappa shape index (κ2) is 6.24. The van der Waals surface area contributed by atoms with Gasteiger partial charge in [0, 0.05) is 17.5 Å². The van der Waals surface area contributed by atoms with Crippen LogP contribution in [0.5, 0.6) is 0 Å². The first-order valence-corrected chi connectivity index (χ1v) is 6.53. The molecule has 0 bridgehead atoms. The van der Waals surface area contributed by atoms with E-state index in [1.807, 2.05) is 24.3 Å². The lowest BCUT2D eigenvalue weighted by atomic mass is 10.1. The minimum absolute atomic E-state index is 0.0673. The summed E-state index contributed by atoms with van der Waals surface area (Å²) in [7, 11) is 0. The normalized spacial score (nSPS) is 10.7. The molecule has 0 saturated carbocycles. The fourth-order valence-electron chi connectivity index (χ4n) is 2.01. The van der Waals surface area contributed by atoms with Gasteiger partial charge in [0.25, 0.3) is 0 Å². The molecule has 1 heterocycles. The zero-order valence-corrected chi connectivity index (χ0v) is 10.7. The van der Waals surface area contributed by atoms with Crippen molar-refractivity contribution in [3.63, 3.8) is 0 Å². The van der Waals surface area contributed by atoms with Gasteiger partial charge >= 0.3 is 0 Å². The maximum absolute atomic E-state index is 11.8. The second-order valence-electron chi connectivity index (χ2n) is 4.49. The second-order valence-corrected chi connectivity index (χ2v) is 4.49. The van der Waals surface area contributed by atoms with Crippen LogP contribution in [-0.4, -0.2) is 12.5 Å². The number of benzene rings is 1. The third-order valence-electron chi connectivity index (χ3n) is 3.01. The molecule has 96 valence electrons. The number of hydrogen-bond donors (Lipinski definition) is 1. The van der Waals surface area contributed by atoms with Gasteiger partial charge in [-0.15, -0.1) is 0 Å². The first-order valence-electron chi connectivity index (χ1n) is 6.53. The quantitative estimate of drug-likeness (QED) is 0.793. The van der Waals surface area contributed by atoms with Crippen molar-refractivity contribution in [2.24, 2.45) is 0 Å². The van der Waals surface area contributed by atoms with Crippen LogP contribution in [0.4, 0.5) is 0 Å². The molecule has 3 nitrogen and oxygen atoms in total. The fourth-order valence-corrected chi connectivity index (χ4v) is 2.01. The van der Waals surface area contributed by atoms with Crippen molar-refractivity contribution in [3.05, 3.63) is 36.1 Å². The first kappa shape index (κ1) is 12.7. The zero-order chi connectivity index (χ0) is 12.8. The Bertz CT molecular complexity index is 516. The van der Waals surface area contributed by atoms with Gasteiger partial charge in [-0.05, 0) is 12.5 Å². The average molecular weight is 245 g/mol. The molecule has 1 amide bonds. The van der Waals surface area contributed by atoms with Gasteiger partial charge in [0.2, 0.25) is 5.91 Å². The Morgan fingerprint density at radius 3 is 2.94 bits per heavy atom. The molecular formula is C15H19NO2. The topological polar surface area (TPSA) is 42.2 Å². The monoisotopic (exact) mass is 245 g/mol. The zero-order valence-electron chi connectivity index (χ0n) is 10.7. The Balaban J connectivity index is 1.91. The number of nitrogens with one attached hydrogen (secondary N) is 1. The molecule has 2 rings (SSSR count). The lowest BCUT2D eigenvalue weighted by Crippen LogP contribution is -2.25. The van der Waals surface area contributed by atoms with E-state index >= 15 is 0 Å². The van der Waals surface area contributed by atoms with Gasteiger partial charge in [0.1, 0.15) is 5.58 Å². The first-order chi connectivity index (χ1) is 8.81. The van der Waals surface area contributed by atoms with Crippen LogP contribution in [0.25, 0.3) is 11.0 Å². The van der Waals surface area contributed by atoms with E-state index in [2.05, 4.69) is 12.2 Å². The van der Waals surface area contributed by atoms with Crippen LogP contribution >= 0.6 is 0 Å². The molecule has 0 aliphatic carbocycles. The number of para-hydroxylation sites is 1. The van der Waals surface area contributed by atoms with Gasteiger partial charge in [-0.25, -0.2) is 0 Å². The van der Waals surface area contributed by atoms with Crippen LogP contribution in [0.1, 0.15) is 31.7 Å². The van der Waals surface area contributed by atoms with E-state index in [9.17, 15) is 4.79 Å². The van der Waals surface area contributed by atoms with Crippen molar-refractivity contribution in [2.45, 2.75) is 32.6 Å². The molecule has 0 fully saturated rings. The van der Waals surface area contributed by atoms with Gasteiger partial charge in [-0.1, -0.05) is 38.0 Å². The number of unbranched alkanes of at least 4 members (excludes halogenated alkanes) is 2. The Hall–Kier alpha value is -1.77. The maximum Gasteiger partial charge on any atom is 0.224 e. The third-order valence-corrected chi connectivity index (χ3v) is 3.01. The van der Waals surface area contributed by atoms with Crippen LogP contribution in [0.2, 0.25) is 0 Å². The summed E-state index contributed by atoms with van der Waals surface area (Å²) < 4.78 is 5.41.